The molecule has 5 heteroatoms. The maximum absolute atomic E-state index is 13.2. The van der Waals surface area contributed by atoms with Crippen molar-refractivity contribution in [2.45, 2.75) is 40.0 Å². The zero-order valence-electron chi connectivity index (χ0n) is 16.2. The van der Waals surface area contributed by atoms with Crippen molar-refractivity contribution in [1.29, 1.82) is 0 Å². The van der Waals surface area contributed by atoms with Gasteiger partial charge in [-0.3, -0.25) is 9.59 Å². The van der Waals surface area contributed by atoms with Crippen molar-refractivity contribution in [3.05, 3.63) is 65.0 Å². The Morgan fingerprint density at radius 3 is 2.22 bits per heavy atom. The predicted molar refractivity (Wildman–Crippen MR) is 106 cm³/mol. The molecule has 27 heavy (non-hydrogen) atoms. The molecule has 0 heterocycles. The van der Waals surface area contributed by atoms with Crippen LogP contribution in [0.2, 0.25) is 0 Å². The number of para-hydroxylation sites is 1. The highest BCUT2D eigenvalue weighted by Crippen LogP contribution is 2.27. The van der Waals surface area contributed by atoms with E-state index in [2.05, 4.69) is 19.2 Å². The molecule has 144 valence electrons. The number of halogens is 1. The summed E-state index contributed by atoms with van der Waals surface area (Å²) in [7, 11) is 0. The van der Waals surface area contributed by atoms with E-state index in [1.165, 1.54) is 12.1 Å². The zero-order valence-corrected chi connectivity index (χ0v) is 16.2. The number of hydrogen-bond acceptors (Lipinski definition) is 2. The molecule has 0 saturated heterocycles. The molecule has 0 unspecified atom stereocenters. The summed E-state index contributed by atoms with van der Waals surface area (Å²) in [6, 6.07) is 12.1. The van der Waals surface area contributed by atoms with Crippen molar-refractivity contribution in [2.24, 2.45) is 0 Å². The van der Waals surface area contributed by atoms with Crippen LogP contribution in [0.4, 0.5) is 10.1 Å². The van der Waals surface area contributed by atoms with E-state index < -0.39 is 0 Å². The maximum atomic E-state index is 13.2. The van der Waals surface area contributed by atoms with E-state index >= 15 is 0 Å². The maximum Gasteiger partial charge on any atom is 0.224 e. The molecule has 0 aliphatic heterocycles. The third-order valence-corrected chi connectivity index (χ3v) is 4.53. The lowest BCUT2D eigenvalue weighted by atomic mass is 10.0. The number of carbonyl (C=O) groups excluding carboxylic acids is 2. The highest BCUT2D eigenvalue weighted by molar-refractivity contribution is 5.93. The number of hydrogen-bond donors (Lipinski definition) is 1. The Morgan fingerprint density at radius 2 is 1.67 bits per heavy atom. The number of amides is 2. The number of nitrogens with one attached hydrogen (secondary N) is 1. The second-order valence-corrected chi connectivity index (χ2v) is 6.46. The molecule has 0 radical (unpaired) electrons. The molecule has 0 spiro atoms. The van der Waals surface area contributed by atoms with Crippen LogP contribution in [0, 0.1) is 5.82 Å². The fourth-order valence-electron chi connectivity index (χ4n) is 3.19. The molecule has 0 atom stereocenters. The number of nitrogens with zero attached hydrogens (tertiary/aromatic N) is 1. The van der Waals surface area contributed by atoms with E-state index in [0.29, 0.717) is 18.7 Å². The van der Waals surface area contributed by atoms with Crippen LogP contribution in [-0.4, -0.2) is 24.9 Å². The van der Waals surface area contributed by atoms with E-state index in [9.17, 15) is 14.0 Å². The summed E-state index contributed by atoms with van der Waals surface area (Å²) >= 11 is 0. The van der Waals surface area contributed by atoms with Gasteiger partial charge in [-0.1, -0.05) is 44.2 Å². The molecule has 2 aromatic carbocycles. The van der Waals surface area contributed by atoms with Crippen LogP contribution in [0.25, 0.3) is 0 Å². The minimum absolute atomic E-state index is 0.0509. The summed E-state index contributed by atoms with van der Waals surface area (Å²) in [5.74, 6) is -0.597. The Balaban J connectivity index is 2.03. The second kappa shape index (κ2) is 9.86. The smallest absolute Gasteiger partial charge is 0.224 e. The summed E-state index contributed by atoms with van der Waals surface area (Å²) in [6.45, 7) is 6.42. The van der Waals surface area contributed by atoms with Crippen molar-refractivity contribution < 1.29 is 14.0 Å². The van der Waals surface area contributed by atoms with Gasteiger partial charge in [-0.25, -0.2) is 4.39 Å². The zero-order chi connectivity index (χ0) is 19.8. The first-order valence-corrected chi connectivity index (χ1v) is 9.36. The monoisotopic (exact) mass is 370 g/mol. The van der Waals surface area contributed by atoms with Gasteiger partial charge in [-0.05, 0) is 41.7 Å². The SMILES string of the molecule is CCc1cccc(CC)c1N(CCNC(=O)Cc1cccc(F)c1)C(C)=O. The Morgan fingerprint density at radius 1 is 1.04 bits per heavy atom. The third kappa shape index (κ3) is 5.64. The van der Waals surface area contributed by atoms with Crippen molar-refractivity contribution in [2.75, 3.05) is 18.0 Å². The van der Waals surface area contributed by atoms with Gasteiger partial charge in [0.25, 0.3) is 0 Å². The number of carbonyl (C=O) groups is 2. The van der Waals surface area contributed by atoms with Crippen molar-refractivity contribution >= 4 is 17.5 Å². The summed E-state index contributed by atoms with van der Waals surface area (Å²) < 4.78 is 13.2. The van der Waals surface area contributed by atoms with E-state index in [1.54, 1.807) is 24.0 Å². The third-order valence-electron chi connectivity index (χ3n) is 4.53. The molecule has 4 nitrogen and oxygen atoms in total. The van der Waals surface area contributed by atoms with Gasteiger partial charge in [0.2, 0.25) is 11.8 Å². The molecule has 0 aliphatic rings. The van der Waals surface area contributed by atoms with Gasteiger partial charge in [0.15, 0.2) is 0 Å². The first-order chi connectivity index (χ1) is 13.0. The Kier molecular flexibility index (Phi) is 7.53. The van der Waals surface area contributed by atoms with E-state index in [1.807, 2.05) is 18.2 Å². The molecule has 2 rings (SSSR count). The van der Waals surface area contributed by atoms with Gasteiger partial charge < -0.3 is 10.2 Å². The van der Waals surface area contributed by atoms with E-state index in [-0.39, 0.29) is 24.1 Å². The Hall–Kier alpha value is -2.69. The lowest BCUT2D eigenvalue weighted by Crippen LogP contribution is -2.39. The first-order valence-electron chi connectivity index (χ1n) is 9.36. The average Bonchev–Trinajstić information content (AvgIpc) is 2.64. The molecule has 2 amide bonds. The Labute approximate surface area is 160 Å². The quantitative estimate of drug-likeness (QED) is 0.771. The highest BCUT2D eigenvalue weighted by Gasteiger charge is 2.18. The van der Waals surface area contributed by atoms with Crippen molar-refractivity contribution in [3.63, 3.8) is 0 Å². The summed E-state index contributed by atoms with van der Waals surface area (Å²) in [6.07, 6.45) is 1.78. The fourth-order valence-corrected chi connectivity index (χ4v) is 3.19. The van der Waals surface area contributed by atoms with Crippen molar-refractivity contribution in [1.82, 2.24) is 5.32 Å². The lowest BCUT2D eigenvalue weighted by molar-refractivity contribution is -0.121. The van der Waals surface area contributed by atoms with E-state index in [0.717, 1.165) is 29.7 Å². The van der Waals surface area contributed by atoms with Crippen LogP contribution in [0.3, 0.4) is 0 Å². The van der Waals surface area contributed by atoms with Crippen LogP contribution < -0.4 is 10.2 Å². The average molecular weight is 370 g/mol. The molecule has 0 fully saturated rings. The van der Waals surface area contributed by atoms with Gasteiger partial charge in [0.05, 0.1) is 12.1 Å². The largest absolute Gasteiger partial charge is 0.354 e. The Bertz CT molecular complexity index is 782. The normalized spacial score (nSPS) is 10.5. The summed E-state index contributed by atoms with van der Waals surface area (Å²) in [5.41, 5.74) is 3.82. The first kappa shape index (κ1) is 20.6. The number of anilines is 1. The summed E-state index contributed by atoms with van der Waals surface area (Å²) in [4.78, 5) is 26.1. The van der Waals surface area contributed by atoms with Crippen LogP contribution in [0.5, 0.6) is 0 Å². The molecule has 0 bridgehead atoms. The molecule has 0 aromatic heterocycles. The number of rotatable bonds is 8. The minimum Gasteiger partial charge on any atom is -0.354 e. The minimum atomic E-state index is -0.355. The molecule has 2 aromatic rings. The standard InChI is InChI=1S/C22H27FN2O2/c1-4-18-9-7-10-19(5-2)22(18)25(16(3)26)13-12-24-21(27)15-17-8-6-11-20(23)14-17/h6-11,14H,4-5,12-13,15H2,1-3H3,(H,24,27). The summed E-state index contributed by atoms with van der Waals surface area (Å²) in [5, 5.41) is 2.83. The number of aryl methyl sites for hydroxylation is 2. The number of benzene rings is 2. The van der Waals surface area contributed by atoms with Gasteiger partial charge in [0.1, 0.15) is 5.82 Å². The van der Waals surface area contributed by atoms with Crippen LogP contribution in [0.1, 0.15) is 37.5 Å². The molecular formula is C22H27FN2O2. The van der Waals surface area contributed by atoms with Gasteiger partial charge in [-0.15, -0.1) is 0 Å². The molecule has 0 aliphatic carbocycles. The van der Waals surface area contributed by atoms with Crippen LogP contribution in [0.15, 0.2) is 42.5 Å². The van der Waals surface area contributed by atoms with Gasteiger partial charge >= 0.3 is 0 Å². The lowest BCUT2D eigenvalue weighted by Gasteiger charge is -2.26. The van der Waals surface area contributed by atoms with Gasteiger partial charge in [-0.2, -0.15) is 0 Å². The molecular weight excluding hydrogens is 343 g/mol. The van der Waals surface area contributed by atoms with E-state index in [4.69, 9.17) is 0 Å². The fraction of sp³-hybridized carbons (Fsp3) is 0.364. The molecule has 1 N–H and O–H groups in total. The van der Waals surface area contributed by atoms with Gasteiger partial charge in [0, 0.05) is 20.0 Å². The van der Waals surface area contributed by atoms with Crippen LogP contribution in [-0.2, 0) is 28.9 Å². The second-order valence-electron chi connectivity index (χ2n) is 6.46. The van der Waals surface area contributed by atoms with Crippen LogP contribution >= 0.6 is 0 Å². The predicted octanol–water partition coefficient (Wildman–Crippen LogP) is 3.66. The molecule has 0 saturated carbocycles. The topological polar surface area (TPSA) is 49.4 Å². The highest BCUT2D eigenvalue weighted by atomic mass is 19.1. The van der Waals surface area contributed by atoms with Crippen molar-refractivity contribution in [3.8, 4) is 0 Å².